The molecule has 0 heterocycles. The second-order valence-electron chi connectivity index (χ2n) is 3.05. The topological polar surface area (TPSA) is 20.2 Å². The second-order valence-corrected chi connectivity index (χ2v) is 3.05. The van der Waals surface area contributed by atoms with Crippen molar-refractivity contribution in [3.63, 3.8) is 0 Å². The lowest BCUT2D eigenvalue weighted by Gasteiger charge is -2.16. The maximum atomic E-state index is 8.42. The van der Waals surface area contributed by atoms with E-state index >= 15 is 0 Å². The van der Waals surface area contributed by atoms with Crippen LogP contribution in [0.4, 0.5) is 0 Å². The van der Waals surface area contributed by atoms with Crippen molar-refractivity contribution < 1.29 is 5.11 Å². The average Bonchev–Trinajstić information content (AvgIpc) is 1.89. The summed E-state index contributed by atoms with van der Waals surface area (Å²) in [7, 11) is 0. The summed E-state index contributed by atoms with van der Waals surface area (Å²) in [4.78, 5) is 0. The van der Waals surface area contributed by atoms with Crippen LogP contribution in [0.2, 0.25) is 0 Å². The molecule has 0 bridgehead atoms. The van der Waals surface area contributed by atoms with Gasteiger partial charge in [0.05, 0.1) is 6.61 Å². The Bertz CT molecular complexity index is 123. The zero-order chi connectivity index (χ0) is 8.04. The van der Waals surface area contributed by atoms with Crippen molar-refractivity contribution in [2.24, 2.45) is 5.41 Å². The highest BCUT2D eigenvalue weighted by molar-refractivity contribution is 4.95. The molecule has 0 amide bonds. The van der Waals surface area contributed by atoms with Crippen molar-refractivity contribution >= 4 is 0 Å². The van der Waals surface area contributed by atoms with Gasteiger partial charge >= 0.3 is 0 Å². The smallest absolute Gasteiger partial charge is 0.0612 e. The summed E-state index contributed by atoms with van der Waals surface area (Å²) in [6.07, 6.45) is 6.60. The Kier molecular flexibility index (Phi) is 4.05. The molecule has 0 saturated heterocycles. The summed E-state index contributed by atoms with van der Waals surface area (Å²) in [5.74, 6) is 0. The van der Waals surface area contributed by atoms with Gasteiger partial charge in [0, 0.05) is 0 Å². The molecular formula is C9H16O. The first-order valence-corrected chi connectivity index (χ1v) is 3.52. The first-order chi connectivity index (χ1) is 4.62. The molecule has 0 aromatic carbocycles. The van der Waals surface area contributed by atoms with Gasteiger partial charge in [-0.05, 0) is 11.8 Å². The molecule has 0 rings (SSSR count). The predicted octanol–water partition coefficient (Wildman–Crippen LogP) is 2.14. The molecular weight excluding hydrogens is 124 g/mol. The summed E-state index contributed by atoms with van der Waals surface area (Å²) in [5, 5.41) is 8.42. The Hall–Kier alpha value is -0.560. The maximum Gasteiger partial charge on any atom is 0.0612 e. The highest BCUT2D eigenvalue weighted by Crippen LogP contribution is 2.21. The van der Waals surface area contributed by atoms with Crippen molar-refractivity contribution in [3.05, 3.63) is 24.8 Å². The third kappa shape index (κ3) is 4.33. The van der Waals surface area contributed by atoms with Gasteiger partial charge in [-0.15, -0.1) is 6.58 Å². The van der Waals surface area contributed by atoms with Crippen LogP contribution in [-0.4, -0.2) is 11.7 Å². The van der Waals surface area contributed by atoms with Gasteiger partial charge in [-0.25, -0.2) is 0 Å². The third-order valence-corrected chi connectivity index (χ3v) is 1.47. The van der Waals surface area contributed by atoms with E-state index in [1.54, 1.807) is 6.08 Å². The summed E-state index contributed by atoms with van der Waals surface area (Å²) >= 11 is 0. The van der Waals surface area contributed by atoms with Gasteiger partial charge in [-0.2, -0.15) is 0 Å². The molecule has 1 heteroatoms. The summed E-state index contributed by atoms with van der Waals surface area (Å²) in [6, 6.07) is 0. The number of hydrogen-bond donors (Lipinski definition) is 1. The Morgan fingerprint density at radius 1 is 1.40 bits per heavy atom. The third-order valence-electron chi connectivity index (χ3n) is 1.47. The molecule has 1 N–H and O–H groups in total. The van der Waals surface area contributed by atoms with E-state index in [0.717, 1.165) is 6.42 Å². The van der Waals surface area contributed by atoms with Crippen molar-refractivity contribution in [3.8, 4) is 0 Å². The largest absolute Gasteiger partial charge is 0.392 e. The van der Waals surface area contributed by atoms with Crippen LogP contribution >= 0.6 is 0 Å². The molecule has 0 unspecified atom stereocenters. The van der Waals surface area contributed by atoms with E-state index in [-0.39, 0.29) is 12.0 Å². The van der Waals surface area contributed by atoms with E-state index in [1.807, 2.05) is 12.2 Å². The van der Waals surface area contributed by atoms with Crippen molar-refractivity contribution in [1.29, 1.82) is 0 Å². The zero-order valence-corrected chi connectivity index (χ0v) is 6.80. The molecule has 0 aliphatic rings. The molecule has 10 heavy (non-hydrogen) atoms. The Morgan fingerprint density at radius 2 is 2.00 bits per heavy atom. The van der Waals surface area contributed by atoms with E-state index < -0.39 is 0 Å². The van der Waals surface area contributed by atoms with Crippen LogP contribution < -0.4 is 0 Å². The Morgan fingerprint density at radius 3 is 2.40 bits per heavy atom. The van der Waals surface area contributed by atoms with Crippen molar-refractivity contribution in [2.75, 3.05) is 6.61 Å². The lowest BCUT2D eigenvalue weighted by molar-refractivity contribution is 0.341. The molecule has 0 radical (unpaired) electrons. The highest BCUT2D eigenvalue weighted by Gasteiger charge is 2.08. The lowest BCUT2D eigenvalue weighted by Crippen LogP contribution is -2.04. The number of allylic oxidation sites excluding steroid dienone is 2. The highest BCUT2D eigenvalue weighted by atomic mass is 16.2. The van der Waals surface area contributed by atoms with Gasteiger partial charge in [0.1, 0.15) is 0 Å². The van der Waals surface area contributed by atoms with Crippen LogP contribution in [0.5, 0.6) is 0 Å². The predicted molar refractivity (Wildman–Crippen MR) is 44.8 cm³/mol. The average molecular weight is 140 g/mol. The molecule has 0 atom stereocenters. The molecule has 0 aromatic rings. The van der Waals surface area contributed by atoms with Gasteiger partial charge in [0.15, 0.2) is 0 Å². The molecule has 0 aromatic heterocycles. The molecule has 0 fully saturated rings. The Labute approximate surface area is 63.1 Å². The minimum Gasteiger partial charge on any atom is -0.392 e. The number of rotatable bonds is 4. The molecule has 1 nitrogen and oxygen atoms in total. The Balaban J connectivity index is 3.66. The van der Waals surface area contributed by atoms with E-state index in [4.69, 9.17) is 5.11 Å². The molecule has 58 valence electrons. The fraction of sp³-hybridized carbons (Fsp3) is 0.556. The first-order valence-electron chi connectivity index (χ1n) is 3.52. The van der Waals surface area contributed by atoms with Gasteiger partial charge in [-0.3, -0.25) is 0 Å². The normalized spacial score (nSPS) is 12.3. The first kappa shape index (κ1) is 9.44. The van der Waals surface area contributed by atoms with Crippen molar-refractivity contribution in [2.45, 2.75) is 20.3 Å². The van der Waals surface area contributed by atoms with Gasteiger partial charge < -0.3 is 5.11 Å². The van der Waals surface area contributed by atoms with Gasteiger partial charge in [-0.1, -0.05) is 32.1 Å². The SMILES string of the molecule is C=CC(C)(C)C/C=C/CO. The van der Waals surface area contributed by atoms with Crippen LogP contribution in [0.1, 0.15) is 20.3 Å². The van der Waals surface area contributed by atoms with Crippen LogP contribution in [0, 0.1) is 5.41 Å². The molecule has 0 spiro atoms. The standard InChI is InChI=1S/C9H16O/c1-4-9(2,3)7-5-6-8-10/h4-6,10H,1,7-8H2,2-3H3/b6-5+. The van der Waals surface area contributed by atoms with Gasteiger partial charge in [0.25, 0.3) is 0 Å². The summed E-state index contributed by atoms with van der Waals surface area (Å²) < 4.78 is 0. The van der Waals surface area contributed by atoms with Crippen LogP contribution in [0.3, 0.4) is 0 Å². The fourth-order valence-corrected chi connectivity index (χ4v) is 0.545. The quantitative estimate of drug-likeness (QED) is 0.593. The molecule has 0 saturated carbocycles. The number of aliphatic hydroxyl groups is 1. The van der Waals surface area contributed by atoms with Crippen molar-refractivity contribution in [1.82, 2.24) is 0 Å². The number of hydrogen-bond acceptors (Lipinski definition) is 1. The second kappa shape index (κ2) is 4.29. The monoisotopic (exact) mass is 140 g/mol. The lowest BCUT2D eigenvalue weighted by atomic mass is 9.90. The maximum absolute atomic E-state index is 8.42. The van der Waals surface area contributed by atoms with E-state index in [1.165, 1.54) is 0 Å². The minimum absolute atomic E-state index is 0.132. The zero-order valence-electron chi connectivity index (χ0n) is 6.80. The van der Waals surface area contributed by atoms with Gasteiger partial charge in [0.2, 0.25) is 0 Å². The molecule has 0 aliphatic carbocycles. The van der Waals surface area contributed by atoms with E-state index in [2.05, 4.69) is 20.4 Å². The summed E-state index contributed by atoms with van der Waals surface area (Å²) in [6.45, 7) is 8.07. The number of aliphatic hydroxyl groups excluding tert-OH is 1. The van der Waals surface area contributed by atoms with Crippen LogP contribution in [0.25, 0.3) is 0 Å². The summed E-state index contributed by atoms with van der Waals surface area (Å²) in [5.41, 5.74) is 0.158. The van der Waals surface area contributed by atoms with Crippen LogP contribution in [-0.2, 0) is 0 Å². The molecule has 0 aliphatic heterocycles. The van der Waals surface area contributed by atoms with Crippen LogP contribution in [0.15, 0.2) is 24.8 Å². The van der Waals surface area contributed by atoms with E-state index in [9.17, 15) is 0 Å². The van der Waals surface area contributed by atoms with E-state index in [0.29, 0.717) is 0 Å². The fourth-order valence-electron chi connectivity index (χ4n) is 0.545. The minimum atomic E-state index is 0.132.